The van der Waals surface area contributed by atoms with E-state index in [4.69, 9.17) is 10.5 Å². The molecule has 1 aliphatic heterocycles. The summed E-state index contributed by atoms with van der Waals surface area (Å²) in [6.07, 6.45) is 0. The Labute approximate surface area is 90.6 Å². The normalized spacial score (nSPS) is 16.7. The van der Waals surface area contributed by atoms with E-state index in [1.165, 1.54) is 6.07 Å². The summed E-state index contributed by atoms with van der Waals surface area (Å²) < 4.78 is 17.8. The number of anilines is 2. The molecule has 16 heavy (non-hydrogen) atoms. The molecular formula is C10H9FN2O3. The van der Waals surface area contributed by atoms with E-state index in [0.29, 0.717) is 0 Å². The number of ether oxygens (including phenoxy) is 1. The highest BCUT2D eigenvalue weighted by molar-refractivity contribution is 6.18. The van der Waals surface area contributed by atoms with Crippen LogP contribution in [0.15, 0.2) is 18.2 Å². The van der Waals surface area contributed by atoms with Crippen molar-refractivity contribution in [3.63, 3.8) is 0 Å². The van der Waals surface area contributed by atoms with Gasteiger partial charge in [-0.05, 0) is 12.1 Å². The minimum Gasteiger partial charge on any atom is -0.397 e. The van der Waals surface area contributed by atoms with Gasteiger partial charge in [-0.3, -0.25) is 9.59 Å². The maximum atomic E-state index is 13.0. The van der Waals surface area contributed by atoms with Crippen molar-refractivity contribution >= 4 is 23.2 Å². The average molecular weight is 224 g/mol. The molecule has 0 radical (unpaired) electrons. The summed E-state index contributed by atoms with van der Waals surface area (Å²) in [4.78, 5) is 23.8. The van der Waals surface area contributed by atoms with Crippen molar-refractivity contribution in [1.29, 1.82) is 0 Å². The van der Waals surface area contributed by atoms with Crippen LogP contribution in [0, 0.1) is 5.82 Å². The molecule has 1 aromatic rings. The fraction of sp³-hybridized carbons (Fsp3) is 0.200. The van der Waals surface area contributed by atoms with Crippen LogP contribution in [0.3, 0.4) is 0 Å². The fourth-order valence-electron chi connectivity index (χ4n) is 1.47. The van der Waals surface area contributed by atoms with Gasteiger partial charge in [0.05, 0.1) is 11.4 Å². The summed E-state index contributed by atoms with van der Waals surface area (Å²) in [5, 5.41) is 0. The molecule has 2 rings (SSSR count). The van der Waals surface area contributed by atoms with Crippen LogP contribution in [-0.2, 0) is 14.3 Å². The Morgan fingerprint density at radius 1 is 1.25 bits per heavy atom. The highest BCUT2D eigenvalue weighted by Crippen LogP contribution is 2.25. The topological polar surface area (TPSA) is 72.6 Å². The second-order valence-corrected chi connectivity index (χ2v) is 3.32. The number of amides is 2. The van der Waals surface area contributed by atoms with Crippen LogP contribution < -0.4 is 10.6 Å². The number of rotatable bonds is 1. The highest BCUT2D eigenvalue weighted by Gasteiger charge is 2.29. The molecule has 1 fully saturated rings. The summed E-state index contributed by atoms with van der Waals surface area (Å²) in [7, 11) is 0. The van der Waals surface area contributed by atoms with Crippen LogP contribution >= 0.6 is 0 Å². The van der Waals surface area contributed by atoms with Gasteiger partial charge in [0.15, 0.2) is 0 Å². The lowest BCUT2D eigenvalue weighted by Crippen LogP contribution is -2.46. The smallest absolute Gasteiger partial charge is 0.259 e. The van der Waals surface area contributed by atoms with E-state index < -0.39 is 17.6 Å². The Morgan fingerprint density at radius 3 is 2.50 bits per heavy atom. The molecule has 0 aliphatic carbocycles. The molecule has 6 heteroatoms. The van der Waals surface area contributed by atoms with Crippen molar-refractivity contribution in [3.05, 3.63) is 24.0 Å². The molecule has 0 saturated carbocycles. The summed E-state index contributed by atoms with van der Waals surface area (Å²) in [6, 6.07) is 3.52. The van der Waals surface area contributed by atoms with Crippen LogP contribution in [0.25, 0.3) is 0 Å². The quantitative estimate of drug-likeness (QED) is 0.550. The molecule has 5 nitrogen and oxygen atoms in total. The van der Waals surface area contributed by atoms with Crippen LogP contribution in [0.4, 0.5) is 15.8 Å². The van der Waals surface area contributed by atoms with Crippen LogP contribution in [-0.4, -0.2) is 25.0 Å². The van der Waals surface area contributed by atoms with E-state index in [2.05, 4.69) is 0 Å². The van der Waals surface area contributed by atoms with Crippen LogP contribution in [0.2, 0.25) is 0 Å². The maximum absolute atomic E-state index is 13.0. The van der Waals surface area contributed by atoms with Crippen molar-refractivity contribution in [3.8, 4) is 0 Å². The first-order valence-electron chi connectivity index (χ1n) is 4.58. The van der Waals surface area contributed by atoms with Crippen molar-refractivity contribution in [2.24, 2.45) is 0 Å². The van der Waals surface area contributed by atoms with Gasteiger partial charge in [0, 0.05) is 6.07 Å². The number of hydrogen-bond acceptors (Lipinski definition) is 4. The zero-order valence-electron chi connectivity index (χ0n) is 8.27. The van der Waals surface area contributed by atoms with Gasteiger partial charge in [-0.1, -0.05) is 0 Å². The number of nitrogens with two attached hydrogens (primary N) is 1. The average Bonchev–Trinajstić information content (AvgIpc) is 2.23. The van der Waals surface area contributed by atoms with Gasteiger partial charge < -0.3 is 10.5 Å². The lowest BCUT2D eigenvalue weighted by molar-refractivity contribution is -0.138. The Morgan fingerprint density at radius 2 is 1.88 bits per heavy atom. The zero-order valence-corrected chi connectivity index (χ0v) is 8.27. The second kappa shape index (κ2) is 3.90. The van der Waals surface area contributed by atoms with Crippen LogP contribution in [0.5, 0.6) is 0 Å². The first-order chi connectivity index (χ1) is 7.59. The molecule has 0 aromatic heterocycles. The Bertz CT molecular complexity index is 445. The standard InChI is InChI=1S/C10H9FN2O3/c11-6-1-2-7(12)8(3-6)13-9(14)4-16-5-10(13)15/h1-3H,4-5,12H2. The molecule has 1 aliphatic rings. The Kier molecular flexibility index (Phi) is 2.57. The van der Waals surface area contributed by atoms with Crippen LogP contribution in [0.1, 0.15) is 0 Å². The minimum absolute atomic E-state index is 0.0679. The molecule has 0 atom stereocenters. The monoisotopic (exact) mass is 224 g/mol. The molecule has 2 N–H and O–H groups in total. The van der Waals surface area contributed by atoms with Crippen molar-refractivity contribution in [2.45, 2.75) is 0 Å². The van der Waals surface area contributed by atoms with E-state index in [0.717, 1.165) is 17.0 Å². The molecule has 84 valence electrons. The van der Waals surface area contributed by atoms with E-state index in [1.807, 2.05) is 0 Å². The summed E-state index contributed by atoms with van der Waals surface area (Å²) in [5.41, 5.74) is 5.83. The van der Waals surface area contributed by atoms with E-state index in [-0.39, 0.29) is 24.6 Å². The first kappa shape index (κ1) is 10.6. The molecule has 0 spiro atoms. The number of imide groups is 1. The van der Waals surface area contributed by atoms with E-state index in [1.54, 1.807) is 0 Å². The highest BCUT2D eigenvalue weighted by atomic mass is 19.1. The zero-order chi connectivity index (χ0) is 11.7. The van der Waals surface area contributed by atoms with E-state index in [9.17, 15) is 14.0 Å². The second-order valence-electron chi connectivity index (χ2n) is 3.32. The predicted octanol–water partition coefficient (Wildman–Crippen LogP) is 0.298. The van der Waals surface area contributed by atoms with Gasteiger partial charge in [0.1, 0.15) is 19.0 Å². The molecule has 0 unspecified atom stereocenters. The van der Waals surface area contributed by atoms with Crippen molar-refractivity contribution in [2.75, 3.05) is 23.8 Å². The van der Waals surface area contributed by atoms with Gasteiger partial charge in [-0.25, -0.2) is 9.29 Å². The number of nitrogen functional groups attached to an aromatic ring is 1. The lowest BCUT2D eigenvalue weighted by Gasteiger charge is -2.25. The Balaban J connectivity index is 2.45. The van der Waals surface area contributed by atoms with Gasteiger partial charge >= 0.3 is 0 Å². The molecular weight excluding hydrogens is 215 g/mol. The summed E-state index contributed by atoms with van der Waals surface area (Å²) in [5.74, 6) is -1.65. The predicted molar refractivity (Wildman–Crippen MR) is 54.1 cm³/mol. The van der Waals surface area contributed by atoms with Gasteiger partial charge in [0.25, 0.3) is 11.8 Å². The third-order valence-corrected chi connectivity index (χ3v) is 2.18. The maximum Gasteiger partial charge on any atom is 0.259 e. The lowest BCUT2D eigenvalue weighted by atomic mass is 10.2. The summed E-state index contributed by atoms with van der Waals surface area (Å²) >= 11 is 0. The molecule has 1 heterocycles. The fourth-order valence-corrected chi connectivity index (χ4v) is 1.47. The Hall–Kier alpha value is -1.95. The van der Waals surface area contributed by atoms with Gasteiger partial charge in [-0.2, -0.15) is 0 Å². The number of morpholine rings is 1. The van der Waals surface area contributed by atoms with E-state index >= 15 is 0 Å². The number of hydrogen-bond donors (Lipinski definition) is 1. The van der Waals surface area contributed by atoms with Gasteiger partial charge in [0.2, 0.25) is 0 Å². The first-order valence-corrected chi connectivity index (χ1v) is 4.58. The molecule has 1 aromatic carbocycles. The number of benzene rings is 1. The third kappa shape index (κ3) is 1.74. The SMILES string of the molecule is Nc1ccc(F)cc1N1C(=O)COCC1=O. The largest absolute Gasteiger partial charge is 0.397 e. The molecule has 2 amide bonds. The summed E-state index contributed by atoms with van der Waals surface area (Å²) in [6.45, 7) is -0.413. The minimum atomic E-state index is -0.559. The molecule has 0 bridgehead atoms. The number of halogens is 1. The van der Waals surface area contributed by atoms with Crippen molar-refractivity contribution in [1.82, 2.24) is 0 Å². The van der Waals surface area contributed by atoms with Gasteiger partial charge in [-0.15, -0.1) is 0 Å². The van der Waals surface area contributed by atoms with Crippen molar-refractivity contribution < 1.29 is 18.7 Å². The number of carbonyl (C=O) groups is 2. The third-order valence-electron chi connectivity index (χ3n) is 2.18. The number of carbonyl (C=O) groups excluding carboxylic acids is 2. The number of nitrogens with zero attached hydrogens (tertiary/aromatic N) is 1. The molecule has 1 saturated heterocycles.